The highest BCUT2D eigenvalue weighted by Crippen LogP contribution is 2.12. The van der Waals surface area contributed by atoms with Crippen LogP contribution in [0.1, 0.15) is 34.6 Å². The Bertz CT molecular complexity index is 546. The summed E-state index contributed by atoms with van der Waals surface area (Å²) in [5.41, 5.74) is -0.380. The highest BCUT2D eigenvalue weighted by atomic mass is 16.4. The first kappa shape index (κ1) is 16.8. The molecule has 6 nitrogen and oxygen atoms in total. The van der Waals surface area contributed by atoms with Crippen LogP contribution in [0.3, 0.4) is 0 Å². The Morgan fingerprint density at radius 3 is 1.76 bits per heavy atom. The molecule has 0 bridgehead atoms. The molecule has 1 unspecified atom stereocenters. The van der Waals surface area contributed by atoms with Gasteiger partial charge in [-0.3, -0.25) is 4.48 Å². The molecule has 21 heavy (non-hydrogen) atoms. The molecule has 2 rings (SSSR count). The van der Waals surface area contributed by atoms with E-state index in [-0.39, 0.29) is 11.1 Å². The van der Waals surface area contributed by atoms with Gasteiger partial charge in [-0.25, -0.2) is 14.6 Å². The van der Waals surface area contributed by atoms with Crippen molar-refractivity contribution in [2.75, 3.05) is 20.6 Å². The van der Waals surface area contributed by atoms with Crippen molar-refractivity contribution >= 4 is 17.8 Å². The van der Waals surface area contributed by atoms with E-state index in [1.54, 1.807) is 0 Å². The van der Waals surface area contributed by atoms with Crippen LogP contribution < -0.4 is 0 Å². The fourth-order valence-corrected chi connectivity index (χ4v) is 2.16. The van der Waals surface area contributed by atoms with Crippen LogP contribution in [-0.2, 0) is 0 Å². The van der Waals surface area contributed by atoms with Crippen molar-refractivity contribution in [3.63, 3.8) is 0 Å². The van der Waals surface area contributed by atoms with Gasteiger partial charge in [-0.1, -0.05) is 12.1 Å². The Labute approximate surface area is 123 Å². The summed E-state index contributed by atoms with van der Waals surface area (Å²) in [7, 11) is 4.39. The van der Waals surface area contributed by atoms with E-state index >= 15 is 0 Å². The van der Waals surface area contributed by atoms with Gasteiger partial charge in [0.25, 0.3) is 0 Å². The van der Waals surface area contributed by atoms with E-state index < -0.39 is 11.9 Å². The van der Waals surface area contributed by atoms with Crippen molar-refractivity contribution in [2.45, 2.75) is 19.9 Å². The standard InChI is InChI=1S/C8H6O4.C7H15N2/c9-7(10)5-3-1-2-4-6(5)8(11)12;1-6-5-9(3,4)7(2)8-6/h1-4H,(H,9,10)(H,11,12);6H,5H2,1-4H3/q;+1. The van der Waals surface area contributed by atoms with Crippen molar-refractivity contribution < 1.29 is 24.3 Å². The Kier molecular flexibility index (Phi) is 5.21. The lowest BCUT2D eigenvalue weighted by atomic mass is 10.1. The third-order valence-corrected chi connectivity index (χ3v) is 3.39. The quantitative estimate of drug-likeness (QED) is 0.816. The van der Waals surface area contributed by atoms with Crippen LogP contribution in [0.5, 0.6) is 0 Å². The summed E-state index contributed by atoms with van der Waals surface area (Å²) < 4.78 is 0.973. The van der Waals surface area contributed by atoms with E-state index in [0.717, 1.165) is 11.0 Å². The molecule has 1 heterocycles. The smallest absolute Gasteiger partial charge is 0.336 e. The predicted octanol–water partition coefficient (Wildman–Crippen LogP) is 1.97. The number of quaternary nitrogens is 1. The molecular formula is C15H21N2O4+. The zero-order valence-corrected chi connectivity index (χ0v) is 12.7. The normalized spacial score (nSPS) is 19.2. The number of carbonyl (C=O) groups is 2. The number of benzene rings is 1. The number of carboxylic acid groups (broad SMARTS) is 2. The van der Waals surface area contributed by atoms with Gasteiger partial charge >= 0.3 is 11.9 Å². The molecular weight excluding hydrogens is 272 g/mol. The van der Waals surface area contributed by atoms with Gasteiger partial charge in [0, 0.05) is 6.92 Å². The fourth-order valence-electron chi connectivity index (χ4n) is 2.16. The number of hydrogen-bond donors (Lipinski definition) is 2. The molecule has 1 aliphatic heterocycles. The summed E-state index contributed by atoms with van der Waals surface area (Å²) in [6.07, 6.45) is 0. The Balaban J connectivity index is 0.000000219. The molecule has 1 aromatic rings. The molecule has 2 N–H and O–H groups in total. The van der Waals surface area contributed by atoms with E-state index in [9.17, 15) is 9.59 Å². The molecule has 0 amide bonds. The van der Waals surface area contributed by atoms with E-state index in [0.29, 0.717) is 6.04 Å². The SMILES string of the molecule is CC1=NC(C)C[N+]1(C)C.O=C(O)c1ccccc1C(=O)O. The second-order valence-electron chi connectivity index (χ2n) is 5.55. The minimum absolute atomic E-state index is 0.190. The number of aliphatic imine (C=N–C) groups is 1. The lowest BCUT2D eigenvalue weighted by molar-refractivity contribution is -0.794. The van der Waals surface area contributed by atoms with E-state index in [2.05, 4.69) is 32.9 Å². The third-order valence-electron chi connectivity index (χ3n) is 3.39. The molecule has 1 atom stereocenters. The lowest BCUT2D eigenvalue weighted by Crippen LogP contribution is -2.42. The van der Waals surface area contributed by atoms with Crippen molar-refractivity contribution in [1.29, 1.82) is 0 Å². The van der Waals surface area contributed by atoms with Crippen molar-refractivity contribution in [3.8, 4) is 0 Å². The van der Waals surface area contributed by atoms with Gasteiger partial charge < -0.3 is 10.2 Å². The average molecular weight is 293 g/mol. The summed E-state index contributed by atoms with van der Waals surface area (Å²) in [6.45, 7) is 5.42. The zero-order valence-electron chi connectivity index (χ0n) is 12.7. The van der Waals surface area contributed by atoms with Crippen LogP contribution in [-0.4, -0.2) is 59.2 Å². The average Bonchev–Trinajstić information content (AvgIpc) is 2.61. The Hall–Kier alpha value is -2.21. The van der Waals surface area contributed by atoms with Gasteiger partial charge in [0.2, 0.25) is 0 Å². The van der Waals surface area contributed by atoms with Gasteiger partial charge in [-0.2, -0.15) is 0 Å². The molecule has 0 saturated heterocycles. The van der Waals surface area contributed by atoms with Crippen LogP contribution in [0.25, 0.3) is 0 Å². The summed E-state index contributed by atoms with van der Waals surface area (Å²) in [4.78, 5) is 25.4. The summed E-state index contributed by atoms with van der Waals surface area (Å²) >= 11 is 0. The third kappa shape index (κ3) is 4.39. The van der Waals surface area contributed by atoms with Crippen molar-refractivity contribution in [2.24, 2.45) is 4.99 Å². The highest BCUT2D eigenvalue weighted by molar-refractivity contribution is 6.01. The lowest BCUT2D eigenvalue weighted by Gasteiger charge is -2.22. The van der Waals surface area contributed by atoms with Gasteiger partial charge in [-0.15, -0.1) is 0 Å². The molecule has 0 aliphatic carbocycles. The first-order valence-electron chi connectivity index (χ1n) is 6.58. The molecule has 0 fully saturated rings. The fraction of sp³-hybridized carbons (Fsp3) is 0.400. The largest absolute Gasteiger partial charge is 0.478 e. The predicted molar refractivity (Wildman–Crippen MR) is 79.9 cm³/mol. The second kappa shape index (κ2) is 6.49. The van der Waals surface area contributed by atoms with Crippen LogP contribution in [0.2, 0.25) is 0 Å². The molecule has 0 spiro atoms. The first-order chi connectivity index (χ1) is 9.65. The number of rotatable bonds is 2. The highest BCUT2D eigenvalue weighted by Gasteiger charge is 2.29. The molecule has 1 aliphatic rings. The van der Waals surface area contributed by atoms with Crippen LogP contribution in [0, 0.1) is 0 Å². The summed E-state index contributed by atoms with van der Waals surface area (Å²) in [5, 5.41) is 17.1. The topological polar surface area (TPSA) is 87.0 Å². The maximum atomic E-state index is 10.5. The van der Waals surface area contributed by atoms with Crippen LogP contribution >= 0.6 is 0 Å². The molecule has 6 heteroatoms. The van der Waals surface area contributed by atoms with Crippen LogP contribution in [0.15, 0.2) is 29.3 Å². The molecule has 0 saturated carbocycles. The van der Waals surface area contributed by atoms with E-state index in [1.807, 2.05) is 0 Å². The number of nitrogens with zero attached hydrogens (tertiary/aromatic N) is 2. The minimum Gasteiger partial charge on any atom is -0.478 e. The number of aromatic carboxylic acids is 2. The monoisotopic (exact) mass is 293 g/mol. The minimum atomic E-state index is -1.23. The molecule has 0 aromatic heterocycles. The van der Waals surface area contributed by atoms with Gasteiger partial charge in [0.15, 0.2) is 5.84 Å². The Morgan fingerprint density at radius 2 is 1.57 bits per heavy atom. The number of likely N-dealkylation sites (N-methyl/N-ethyl adjacent to an activating group) is 1. The maximum Gasteiger partial charge on any atom is 0.336 e. The maximum absolute atomic E-state index is 10.5. The van der Waals surface area contributed by atoms with E-state index in [1.165, 1.54) is 30.1 Å². The van der Waals surface area contributed by atoms with Gasteiger partial charge in [0.1, 0.15) is 12.6 Å². The molecule has 1 aromatic carbocycles. The van der Waals surface area contributed by atoms with Crippen molar-refractivity contribution in [1.82, 2.24) is 0 Å². The summed E-state index contributed by atoms with van der Waals surface area (Å²) in [6, 6.07) is 6.00. The molecule has 0 radical (unpaired) electrons. The Morgan fingerprint density at radius 1 is 1.14 bits per heavy atom. The van der Waals surface area contributed by atoms with Gasteiger partial charge in [0.05, 0.1) is 25.2 Å². The van der Waals surface area contributed by atoms with Crippen LogP contribution in [0.4, 0.5) is 0 Å². The first-order valence-corrected chi connectivity index (χ1v) is 6.58. The zero-order chi connectivity index (χ0) is 16.2. The van der Waals surface area contributed by atoms with Gasteiger partial charge in [-0.05, 0) is 19.1 Å². The van der Waals surface area contributed by atoms with E-state index in [4.69, 9.17) is 10.2 Å². The number of amidine groups is 1. The number of carboxylic acids is 2. The molecule has 114 valence electrons. The van der Waals surface area contributed by atoms with Crippen molar-refractivity contribution in [3.05, 3.63) is 35.4 Å². The number of hydrogen-bond acceptors (Lipinski definition) is 3. The summed E-state index contributed by atoms with van der Waals surface area (Å²) in [5.74, 6) is -1.21. The second-order valence-corrected chi connectivity index (χ2v) is 5.55.